The smallest absolute Gasteiger partial charge is 0.167 e. The van der Waals surface area contributed by atoms with Crippen LogP contribution in [0.3, 0.4) is 0 Å². The van der Waals surface area contributed by atoms with Crippen LogP contribution >= 0.6 is 0 Å². The van der Waals surface area contributed by atoms with Crippen LogP contribution in [0.4, 0.5) is 0 Å². The highest BCUT2D eigenvalue weighted by Crippen LogP contribution is 2.55. The van der Waals surface area contributed by atoms with Crippen LogP contribution in [-0.4, -0.2) is 25.8 Å². The number of carbonyl (C=O) groups is 2. The average Bonchev–Trinajstić information content (AvgIpc) is 2.79. The standard InChI is InChI=1S/C19H20O4/c1-9-8-13(21)16(11(3)20)18-15(9)10(2)12-6-7-14(22-4)19(23-5)17(12)18/h6-8,16,18H,1-5H3/t16-,18+/m1/s1. The predicted molar refractivity (Wildman–Crippen MR) is 87.8 cm³/mol. The maximum atomic E-state index is 12.5. The Morgan fingerprint density at radius 3 is 2.39 bits per heavy atom. The highest BCUT2D eigenvalue weighted by Gasteiger charge is 2.45. The van der Waals surface area contributed by atoms with Crippen molar-refractivity contribution in [1.82, 2.24) is 0 Å². The van der Waals surface area contributed by atoms with Crippen molar-refractivity contribution in [3.63, 3.8) is 0 Å². The molecule has 2 aliphatic rings. The van der Waals surface area contributed by atoms with Crippen LogP contribution in [-0.2, 0) is 9.59 Å². The molecule has 0 aromatic heterocycles. The van der Waals surface area contributed by atoms with Crippen LogP contribution < -0.4 is 9.47 Å². The Bertz CT molecular complexity index is 783. The first-order valence-corrected chi connectivity index (χ1v) is 7.61. The van der Waals surface area contributed by atoms with Crippen LogP contribution in [0, 0.1) is 5.92 Å². The fourth-order valence-corrected chi connectivity index (χ4v) is 3.96. The van der Waals surface area contributed by atoms with Crippen LogP contribution in [0.15, 0.2) is 29.4 Å². The molecule has 4 heteroatoms. The van der Waals surface area contributed by atoms with Gasteiger partial charge in [0.25, 0.3) is 0 Å². The fourth-order valence-electron chi connectivity index (χ4n) is 3.96. The molecule has 0 radical (unpaired) electrons. The molecule has 0 N–H and O–H groups in total. The molecule has 0 saturated carbocycles. The first-order valence-electron chi connectivity index (χ1n) is 7.61. The van der Waals surface area contributed by atoms with E-state index in [1.54, 1.807) is 20.3 Å². The lowest BCUT2D eigenvalue weighted by molar-refractivity contribution is -0.129. The zero-order chi connectivity index (χ0) is 16.9. The first kappa shape index (κ1) is 15.5. The third kappa shape index (κ3) is 2.05. The normalized spacial score (nSPS) is 22.5. The molecule has 2 atom stereocenters. The molecule has 0 heterocycles. The van der Waals surface area contributed by atoms with Crippen molar-refractivity contribution in [3.8, 4) is 11.5 Å². The summed E-state index contributed by atoms with van der Waals surface area (Å²) in [6.07, 6.45) is 1.59. The summed E-state index contributed by atoms with van der Waals surface area (Å²) in [6, 6.07) is 3.84. The van der Waals surface area contributed by atoms with E-state index in [2.05, 4.69) is 0 Å². The third-order valence-electron chi connectivity index (χ3n) is 4.88. The van der Waals surface area contributed by atoms with Gasteiger partial charge >= 0.3 is 0 Å². The van der Waals surface area contributed by atoms with Crippen molar-refractivity contribution < 1.29 is 19.1 Å². The molecule has 0 amide bonds. The van der Waals surface area contributed by atoms with Crippen molar-refractivity contribution in [2.24, 2.45) is 5.92 Å². The molecular weight excluding hydrogens is 292 g/mol. The second-order valence-corrected chi connectivity index (χ2v) is 6.10. The van der Waals surface area contributed by atoms with E-state index in [0.29, 0.717) is 11.5 Å². The molecule has 1 aromatic carbocycles. The van der Waals surface area contributed by atoms with Crippen molar-refractivity contribution in [2.75, 3.05) is 14.2 Å². The van der Waals surface area contributed by atoms with Crippen LogP contribution in [0.1, 0.15) is 37.8 Å². The number of ether oxygens (including phenoxy) is 2. The molecule has 0 spiro atoms. The van der Waals surface area contributed by atoms with Gasteiger partial charge in [0.15, 0.2) is 17.3 Å². The van der Waals surface area contributed by atoms with E-state index in [9.17, 15) is 9.59 Å². The summed E-state index contributed by atoms with van der Waals surface area (Å²) in [5.41, 5.74) is 4.99. The summed E-state index contributed by atoms with van der Waals surface area (Å²) < 4.78 is 11.0. The first-order chi connectivity index (χ1) is 10.9. The van der Waals surface area contributed by atoms with Gasteiger partial charge < -0.3 is 9.47 Å². The molecular formula is C19H20O4. The number of rotatable bonds is 3. The van der Waals surface area contributed by atoms with E-state index in [1.807, 2.05) is 26.0 Å². The quantitative estimate of drug-likeness (QED) is 0.804. The van der Waals surface area contributed by atoms with Crippen LogP contribution in [0.2, 0.25) is 0 Å². The maximum absolute atomic E-state index is 12.5. The molecule has 4 nitrogen and oxygen atoms in total. The number of fused-ring (bicyclic) bond motifs is 3. The lowest BCUT2D eigenvalue weighted by Gasteiger charge is -2.29. The highest BCUT2D eigenvalue weighted by atomic mass is 16.5. The molecule has 120 valence electrons. The predicted octanol–water partition coefficient (Wildman–Crippen LogP) is 3.31. The van der Waals surface area contributed by atoms with Gasteiger partial charge in [0.1, 0.15) is 5.78 Å². The summed E-state index contributed by atoms with van der Waals surface area (Å²) in [4.78, 5) is 24.7. The summed E-state index contributed by atoms with van der Waals surface area (Å²) >= 11 is 0. The van der Waals surface area contributed by atoms with Gasteiger partial charge in [-0.2, -0.15) is 0 Å². The second-order valence-electron chi connectivity index (χ2n) is 6.10. The molecule has 0 fully saturated rings. The van der Waals surface area contributed by atoms with Gasteiger partial charge in [-0.1, -0.05) is 6.07 Å². The Kier molecular flexibility index (Phi) is 3.63. The summed E-state index contributed by atoms with van der Waals surface area (Å²) in [5, 5.41) is 0. The highest BCUT2D eigenvalue weighted by molar-refractivity contribution is 6.11. The number of hydrogen-bond acceptors (Lipinski definition) is 4. The van der Waals surface area contributed by atoms with E-state index in [4.69, 9.17) is 9.47 Å². The van der Waals surface area contributed by atoms with Gasteiger partial charge in [0.05, 0.1) is 20.1 Å². The van der Waals surface area contributed by atoms with E-state index in [-0.39, 0.29) is 17.5 Å². The molecule has 23 heavy (non-hydrogen) atoms. The molecule has 0 aliphatic heterocycles. The van der Waals surface area contributed by atoms with Gasteiger partial charge in [0.2, 0.25) is 0 Å². The van der Waals surface area contributed by atoms with Crippen molar-refractivity contribution in [3.05, 3.63) is 40.5 Å². The summed E-state index contributed by atoms with van der Waals surface area (Å²) in [5.74, 6) is -0.00245. The minimum Gasteiger partial charge on any atom is -0.493 e. The third-order valence-corrected chi connectivity index (χ3v) is 4.88. The Balaban J connectivity index is 2.34. The minimum absolute atomic E-state index is 0.119. The lowest BCUT2D eigenvalue weighted by Crippen LogP contribution is -2.31. The largest absolute Gasteiger partial charge is 0.493 e. The zero-order valence-corrected chi connectivity index (χ0v) is 14.0. The molecule has 0 saturated heterocycles. The topological polar surface area (TPSA) is 52.6 Å². The monoisotopic (exact) mass is 312 g/mol. The summed E-state index contributed by atoms with van der Waals surface area (Å²) in [6.45, 7) is 5.44. The number of carbonyl (C=O) groups excluding carboxylic acids is 2. The number of ketones is 2. The van der Waals surface area contributed by atoms with E-state index < -0.39 is 5.92 Å². The Morgan fingerprint density at radius 1 is 1.13 bits per heavy atom. The van der Waals surface area contributed by atoms with Gasteiger partial charge in [-0.15, -0.1) is 0 Å². The number of allylic oxidation sites excluding steroid dienone is 4. The second kappa shape index (κ2) is 5.37. The maximum Gasteiger partial charge on any atom is 0.167 e. The zero-order valence-electron chi connectivity index (χ0n) is 14.0. The van der Waals surface area contributed by atoms with Gasteiger partial charge in [-0.3, -0.25) is 9.59 Å². The van der Waals surface area contributed by atoms with Gasteiger partial charge in [-0.05, 0) is 55.2 Å². The number of hydrogen-bond donors (Lipinski definition) is 0. The van der Waals surface area contributed by atoms with Crippen LogP contribution in [0.5, 0.6) is 11.5 Å². The summed E-state index contributed by atoms with van der Waals surface area (Å²) in [7, 11) is 3.17. The van der Waals surface area contributed by atoms with Crippen molar-refractivity contribution in [2.45, 2.75) is 26.7 Å². The Hall–Kier alpha value is -2.36. The van der Waals surface area contributed by atoms with Crippen molar-refractivity contribution in [1.29, 1.82) is 0 Å². The number of benzene rings is 1. The molecule has 0 unspecified atom stereocenters. The number of Topliss-reactive ketones (excluding diaryl/α,β-unsaturated/α-hetero) is 1. The van der Waals surface area contributed by atoms with Gasteiger partial charge in [0, 0.05) is 11.5 Å². The van der Waals surface area contributed by atoms with E-state index in [0.717, 1.165) is 27.8 Å². The van der Waals surface area contributed by atoms with Crippen LogP contribution in [0.25, 0.3) is 5.57 Å². The molecule has 1 aromatic rings. The van der Waals surface area contributed by atoms with E-state index in [1.165, 1.54) is 6.92 Å². The fraction of sp³-hybridized carbons (Fsp3) is 0.368. The van der Waals surface area contributed by atoms with Crippen molar-refractivity contribution >= 4 is 17.1 Å². The van der Waals surface area contributed by atoms with Gasteiger partial charge in [-0.25, -0.2) is 0 Å². The molecule has 2 aliphatic carbocycles. The Morgan fingerprint density at radius 2 is 1.83 bits per heavy atom. The Labute approximate surface area is 135 Å². The SMILES string of the molecule is COc1ccc2c(c1OC)[C@H]1C(=C2C)C(C)=CC(=O)[C@H]1C(C)=O. The number of methoxy groups -OCH3 is 2. The molecule has 0 bridgehead atoms. The molecule has 3 rings (SSSR count). The minimum atomic E-state index is -0.689. The average molecular weight is 312 g/mol. The van der Waals surface area contributed by atoms with E-state index >= 15 is 0 Å². The lowest BCUT2D eigenvalue weighted by atomic mass is 9.72.